The summed E-state index contributed by atoms with van der Waals surface area (Å²) in [4.78, 5) is 0. The molecule has 0 radical (unpaired) electrons. The van der Waals surface area contributed by atoms with Crippen LogP contribution < -0.4 is 0 Å². The van der Waals surface area contributed by atoms with Gasteiger partial charge >= 0.3 is 49.5 Å². The van der Waals surface area contributed by atoms with Crippen LogP contribution in [0.1, 0.15) is 0 Å². The van der Waals surface area contributed by atoms with E-state index in [1.54, 1.807) is 0 Å². The fourth-order valence-corrected chi connectivity index (χ4v) is 0. The molecule has 0 heterocycles. The molecule has 36 valence electrons. The van der Waals surface area contributed by atoms with Crippen molar-refractivity contribution in [1.82, 2.24) is 0 Å². The zero-order valence-electron chi connectivity index (χ0n) is 1.87. The molecule has 5 heteroatoms. The van der Waals surface area contributed by atoms with Gasteiger partial charge in [0.05, 0.1) is 0 Å². The number of hydrogen-bond acceptors (Lipinski definition) is 0. The second-order valence-corrected chi connectivity index (χ2v) is 20.2. The molecule has 0 aromatic rings. The molecule has 0 aliphatic heterocycles. The molecule has 0 unspecified atom stereocenters. The van der Waals surface area contributed by atoms with Crippen molar-refractivity contribution in [2.24, 2.45) is 0 Å². The van der Waals surface area contributed by atoms with Gasteiger partial charge in [0.15, 0.2) is 0 Å². The van der Waals surface area contributed by atoms with E-state index in [0.29, 0.717) is 0 Å². The van der Waals surface area contributed by atoms with Crippen molar-refractivity contribution in [1.29, 1.82) is 0 Å². The Morgan fingerprint density at radius 2 is 0.800 bits per heavy atom. The van der Waals surface area contributed by atoms with Gasteiger partial charge in [-0.25, -0.2) is 0 Å². The molecular formula is Cl4Gd. The van der Waals surface area contributed by atoms with E-state index in [-0.39, 0.29) is 0 Å². The van der Waals surface area contributed by atoms with Crippen LogP contribution in [-0.4, -0.2) is 0 Å². The Bertz CT molecular complexity index is 19.1. The Morgan fingerprint density at radius 3 is 0.800 bits per heavy atom. The van der Waals surface area contributed by atoms with E-state index in [0.717, 1.165) is 0 Å². The molecule has 0 spiro atoms. The van der Waals surface area contributed by atoms with Crippen LogP contribution in [0.5, 0.6) is 0 Å². The molecule has 0 bridgehead atoms. The maximum atomic E-state index is 5.02. The summed E-state index contributed by atoms with van der Waals surface area (Å²) in [5.74, 6) is 20.1. The second kappa shape index (κ2) is 2.71. The monoisotopic (exact) mass is 298 g/mol. The normalized spacial score (nSPS) is 15.2. The summed E-state index contributed by atoms with van der Waals surface area (Å²) >= 11 is -3.17. The van der Waals surface area contributed by atoms with Gasteiger partial charge in [-0.15, -0.1) is 0 Å². The predicted molar refractivity (Wildman–Crippen MR) is 23.4 cm³/mol. The Kier molecular flexibility index (Phi) is 4.06. The van der Waals surface area contributed by atoms with Crippen molar-refractivity contribution in [3.8, 4) is 0 Å². The first kappa shape index (κ1) is 7.48. The van der Waals surface area contributed by atoms with E-state index in [1.165, 1.54) is 0 Å². The molecule has 0 aliphatic rings. The summed E-state index contributed by atoms with van der Waals surface area (Å²) in [6.45, 7) is 0. The predicted octanol–water partition coefficient (Wildman–Crippen LogP) is 2.76. The summed E-state index contributed by atoms with van der Waals surface area (Å²) in [7, 11) is 0. The van der Waals surface area contributed by atoms with E-state index in [2.05, 4.69) is 0 Å². The summed E-state index contributed by atoms with van der Waals surface area (Å²) in [6, 6.07) is 0. The Hall–Kier alpha value is 2.48. The second-order valence-electron chi connectivity index (χ2n) is 0.303. The summed E-state index contributed by atoms with van der Waals surface area (Å²) in [6.07, 6.45) is 0. The van der Waals surface area contributed by atoms with Crippen molar-refractivity contribution in [3.05, 3.63) is 0 Å². The molecule has 0 nitrogen and oxygen atoms in total. The molecule has 5 heavy (non-hydrogen) atoms. The Labute approximate surface area is 48.1 Å². The summed E-state index contributed by atoms with van der Waals surface area (Å²) < 4.78 is 0. The molecule has 0 aliphatic carbocycles. The van der Waals surface area contributed by atoms with Gasteiger partial charge in [0.25, 0.3) is 0 Å². The van der Waals surface area contributed by atoms with Gasteiger partial charge in [-0.05, 0) is 0 Å². The molecule has 0 aromatic carbocycles. The third-order valence-corrected chi connectivity index (χ3v) is 0. The van der Waals surface area contributed by atoms with Crippen LogP contribution in [0, 0.1) is 25.6 Å². The van der Waals surface area contributed by atoms with Crippen molar-refractivity contribution in [2.75, 3.05) is 0 Å². The van der Waals surface area contributed by atoms with Crippen molar-refractivity contribution in [3.63, 3.8) is 0 Å². The SMILES string of the molecule is [Cl][Gd]([Cl])([Cl])[Cl]. The fourth-order valence-electron chi connectivity index (χ4n) is 0. The third kappa shape index (κ3) is 21.1. The zero-order valence-corrected chi connectivity index (χ0v) is 7.16. The minimum atomic E-state index is -3.17. The van der Waals surface area contributed by atoms with Gasteiger partial charge in [-0.3, -0.25) is 0 Å². The maximum absolute atomic E-state index is 5.02. The quantitative estimate of drug-likeness (QED) is 0.645. The van der Waals surface area contributed by atoms with Gasteiger partial charge in [-0.2, -0.15) is 0 Å². The van der Waals surface area contributed by atoms with E-state index < -0.39 is 25.6 Å². The summed E-state index contributed by atoms with van der Waals surface area (Å²) in [5, 5.41) is 0. The average molecular weight is 299 g/mol. The molecule has 0 atom stereocenters. The molecule has 0 saturated carbocycles. The first-order valence-electron chi connectivity index (χ1n) is 0.535. The first-order chi connectivity index (χ1) is 2.00. The van der Waals surface area contributed by atoms with E-state index in [9.17, 15) is 0 Å². The molecule has 0 saturated heterocycles. The van der Waals surface area contributed by atoms with Gasteiger partial charge in [0.2, 0.25) is 0 Å². The Balaban J connectivity index is 3.02. The summed E-state index contributed by atoms with van der Waals surface area (Å²) in [5.41, 5.74) is 0. The van der Waals surface area contributed by atoms with Crippen LogP contribution in [0.3, 0.4) is 0 Å². The van der Waals surface area contributed by atoms with Gasteiger partial charge in [0.1, 0.15) is 0 Å². The van der Waals surface area contributed by atoms with Gasteiger partial charge in [0, 0.05) is 0 Å². The molecule has 0 aromatic heterocycles. The van der Waals surface area contributed by atoms with Crippen LogP contribution >= 0.6 is 23.9 Å². The van der Waals surface area contributed by atoms with Crippen LogP contribution in [-0.2, 0) is 0 Å². The number of halogens is 4. The van der Waals surface area contributed by atoms with Crippen LogP contribution in [0.4, 0.5) is 0 Å². The van der Waals surface area contributed by atoms with Crippen LogP contribution in [0.25, 0.3) is 0 Å². The van der Waals surface area contributed by atoms with Crippen molar-refractivity contribution >= 4 is 23.9 Å². The van der Waals surface area contributed by atoms with Crippen LogP contribution in [0.2, 0.25) is 0 Å². The van der Waals surface area contributed by atoms with Gasteiger partial charge < -0.3 is 0 Å². The number of hydrogen-bond donors (Lipinski definition) is 0. The standard InChI is InChI=1S/4ClH.Gd/h4*1H;/q;;;;+4/p-4. The first-order valence-corrected chi connectivity index (χ1v) is 11.9. The molecule has 0 rings (SSSR count). The molecule has 0 fully saturated rings. The Morgan fingerprint density at radius 1 is 0.800 bits per heavy atom. The zero-order chi connectivity index (χ0) is 4.50. The van der Waals surface area contributed by atoms with Gasteiger partial charge in [-0.1, -0.05) is 0 Å². The molecule has 0 N–H and O–H groups in total. The fraction of sp³-hybridized carbons (Fsp3) is 0. The van der Waals surface area contributed by atoms with E-state index in [4.69, 9.17) is 23.9 Å². The van der Waals surface area contributed by atoms with Crippen molar-refractivity contribution in [2.45, 2.75) is 0 Å². The topological polar surface area (TPSA) is 0 Å². The minimum absolute atomic E-state index is 3.17. The third-order valence-electron chi connectivity index (χ3n) is 0. The number of rotatable bonds is 0. The van der Waals surface area contributed by atoms with Crippen molar-refractivity contribution < 1.29 is 25.6 Å². The van der Waals surface area contributed by atoms with Crippen LogP contribution in [0.15, 0.2) is 0 Å². The molecule has 0 amide bonds. The molecular weight excluding hydrogens is 299 g/mol. The van der Waals surface area contributed by atoms with E-state index >= 15 is 0 Å². The average Bonchev–Trinajstić information content (AvgIpc) is 0.722. The van der Waals surface area contributed by atoms with E-state index in [1.807, 2.05) is 0 Å².